The number of nitrogens with one attached hydrogen (secondary N) is 1. The van der Waals surface area contributed by atoms with Crippen molar-refractivity contribution in [2.24, 2.45) is 0 Å². The van der Waals surface area contributed by atoms with E-state index < -0.39 is 5.97 Å². The molecule has 6 heteroatoms. The molecule has 19 heavy (non-hydrogen) atoms. The summed E-state index contributed by atoms with van der Waals surface area (Å²) in [6.45, 7) is 5.16. The van der Waals surface area contributed by atoms with Gasteiger partial charge in [0.05, 0.1) is 10.6 Å². The maximum atomic E-state index is 11.7. The van der Waals surface area contributed by atoms with E-state index in [-0.39, 0.29) is 28.6 Å². The first kappa shape index (κ1) is 15.8. The highest BCUT2D eigenvalue weighted by molar-refractivity contribution is 6.36. The quantitative estimate of drug-likeness (QED) is 0.873. The summed E-state index contributed by atoms with van der Waals surface area (Å²) >= 11 is 11.6. The average Bonchev–Trinajstić information content (AvgIpc) is 2.23. The van der Waals surface area contributed by atoms with Gasteiger partial charge in [0, 0.05) is 10.6 Å². The molecule has 1 rings (SSSR count). The van der Waals surface area contributed by atoms with E-state index in [4.69, 9.17) is 27.9 Å². The minimum atomic E-state index is -0.661. The first-order valence-electron chi connectivity index (χ1n) is 5.62. The highest BCUT2D eigenvalue weighted by Crippen LogP contribution is 2.21. The van der Waals surface area contributed by atoms with Crippen molar-refractivity contribution in [3.63, 3.8) is 0 Å². The van der Waals surface area contributed by atoms with E-state index in [1.165, 1.54) is 18.2 Å². The van der Waals surface area contributed by atoms with Gasteiger partial charge in [0.15, 0.2) is 6.61 Å². The van der Waals surface area contributed by atoms with Gasteiger partial charge in [0.1, 0.15) is 0 Å². The van der Waals surface area contributed by atoms with Crippen molar-refractivity contribution in [2.45, 2.75) is 26.3 Å². The zero-order chi connectivity index (χ0) is 14.6. The molecule has 0 aliphatic carbocycles. The molecule has 0 aromatic heterocycles. The Morgan fingerprint density at radius 3 is 2.42 bits per heavy atom. The Morgan fingerprint density at radius 2 is 1.89 bits per heavy atom. The summed E-state index contributed by atoms with van der Waals surface area (Å²) in [4.78, 5) is 23.2. The molecule has 0 spiro atoms. The van der Waals surface area contributed by atoms with E-state index in [1.807, 2.05) is 20.8 Å². The third-order valence-electron chi connectivity index (χ3n) is 2.00. The lowest BCUT2D eigenvalue weighted by atomic mass is 10.1. The first-order chi connectivity index (χ1) is 8.69. The molecule has 0 aliphatic rings. The normalized spacial score (nSPS) is 11.0. The first-order valence-corrected chi connectivity index (χ1v) is 6.38. The molecule has 0 heterocycles. The van der Waals surface area contributed by atoms with Crippen LogP contribution in [0.5, 0.6) is 0 Å². The summed E-state index contributed by atoms with van der Waals surface area (Å²) in [5, 5.41) is 3.29. The fourth-order valence-electron chi connectivity index (χ4n) is 1.32. The number of carbonyl (C=O) groups is 2. The third kappa shape index (κ3) is 5.49. The van der Waals surface area contributed by atoms with Crippen LogP contribution in [-0.2, 0) is 9.53 Å². The molecule has 4 nitrogen and oxygen atoms in total. The third-order valence-corrected chi connectivity index (χ3v) is 2.55. The Labute approximate surface area is 122 Å². The summed E-state index contributed by atoms with van der Waals surface area (Å²) in [5.74, 6) is -1.03. The molecule has 0 atom stereocenters. The molecular weight excluding hydrogens is 289 g/mol. The number of rotatable bonds is 3. The number of esters is 1. The second kappa shape index (κ2) is 6.26. The predicted octanol–water partition coefficient (Wildman–Crippen LogP) is 3.06. The van der Waals surface area contributed by atoms with Crippen molar-refractivity contribution < 1.29 is 14.3 Å². The largest absolute Gasteiger partial charge is 0.452 e. The maximum absolute atomic E-state index is 11.7. The highest BCUT2D eigenvalue weighted by Gasteiger charge is 2.17. The van der Waals surface area contributed by atoms with E-state index in [2.05, 4.69) is 5.32 Å². The lowest BCUT2D eigenvalue weighted by molar-refractivity contribution is -0.125. The van der Waals surface area contributed by atoms with Gasteiger partial charge in [-0.3, -0.25) is 4.79 Å². The van der Waals surface area contributed by atoms with E-state index in [1.54, 1.807) is 0 Å². The Kier molecular flexibility index (Phi) is 5.20. The zero-order valence-electron chi connectivity index (χ0n) is 10.9. The van der Waals surface area contributed by atoms with Gasteiger partial charge in [-0.25, -0.2) is 4.79 Å². The fraction of sp³-hybridized carbons (Fsp3) is 0.385. The smallest absolute Gasteiger partial charge is 0.340 e. The molecule has 0 saturated heterocycles. The van der Waals surface area contributed by atoms with Crippen LogP contribution in [0, 0.1) is 0 Å². The monoisotopic (exact) mass is 303 g/mol. The van der Waals surface area contributed by atoms with Crippen LogP contribution in [0.4, 0.5) is 0 Å². The van der Waals surface area contributed by atoms with Gasteiger partial charge < -0.3 is 10.1 Å². The van der Waals surface area contributed by atoms with Crippen LogP contribution in [0.25, 0.3) is 0 Å². The Bertz CT molecular complexity index is 495. The van der Waals surface area contributed by atoms with Gasteiger partial charge in [-0.15, -0.1) is 0 Å². The summed E-state index contributed by atoms with van der Waals surface area (Å²) in [5.41, 5.74) is -0.198. The average molecular weight is 304 g/mol. The van der Waals surface area contributed by atoms with Crippen LogP contribution >= 0.6 is 23.2 Å². The van der Waals surface area contributed by atoms with Gasteiger partial charge >= 0.3 is 5.97 Å². The molecule has 0 bridgehead atoms. The summed E-state index contributed by atoms with van der Waals surface area (Å²) in [6.07, 6.45) is 0. The van der Waals surface area contributed by atoms with Crippen molar-refractivity contribution in [3.8, 4) is 0 Å². The second-order valence-electron chi connectivity index (χ2n) is 5.00. The Hall–Kier alpha value is -1.26. The van der Waals surface area contributed by atoms with E-state index in [0.29, 0.717) is 5.02 Å². The number of benzene rings is 1. The Morgan fingerprint density at radius 1 is 1.26 bits per heavy atom. The van der Waals surface area contributed by atoms with Gasteiger partial charge in [-0.05, 0) is 39.0 Å². The van der Waals surface area contributed by atoms with Gasteiger partial charge in [0.2, 0.25) is 0 Å². The van der Waals surface area contributed by atoms with Crippen molar-refractivity contribution in [3.05, 3.63) is 33.8 Å². The van der Waals surface area contributed by atoms with Crippen LogP contribution in [0.3, 0.4) is 0 Å². The minimum Gasteiger partial charge on any atom is -0.452 e. The van der Waals surface area contributed by atoms with Crippen LogP contribution in [-0.4, -0.2) is 24.0 Å². The molecule has 0 radical (unpaired) electrons. The van der Waals surface area contributed by atoms with Crippen LogP contribution < -0.4 is 5.32 Å². The van der Waals surface area contributed by atoms with Crippen LogP contribution in [0.15, 0.2) is 18.2 Å². The van der Waals surface area contributed by atoms with Crippen molar-refractivity contribution in [2.75, 3.05) is 6.61 Å². The fourth-order valence-corrected chi connectivity index (χ4v) is 1.80. The van der Waals surface area contributed by atoms with Gasteiger partial charge in [-0.1, -0.05) is 23.2 Å². The molecule has 0 saturated carbocycles. The lowest BCUT2D eigenvalue weighted by Gasteiger charge is -2.20. The van der Waals surface area contributed by atoms with Crippen molar-refractivity contribution in [1.82, 2.24) is 5.32 Å². The second-order valence-corrected chi connectivity index (χ2v) is 5.84. The summed E-state index contributed by atoms with van der Waals surface area (Å²) in [6, 6.07) is 4.42. The Balaban J connectivity index is 2.59. The number of halogens is 2. The molecule has 0 unspecified atom stereocenters. The van der Waals surface area contributed by atoms with Gasteiger partial charge in [-0.2, -0.15) is 0 Å². The van der Waals surface area contributed by atoms with Gasteiger partial charge in [0.25, 0.3) is 5.91 Å². The van der Waals surface area contributed by atoms with Crippen molar-refractivity contribution >= 4 is 35.1 Å². The number of hydrogen-bond donors (Lipinski definition) is 1. The molecule has 0 fully saturated rings. The number of amides is 1. The summed E-state index contributed by atoms with van der Waals surface area (Å²) in [7, 11) is 0. The number of hydrogen-bond acceptors (Lipinski definition) is 3. The molecule has 1 aromatic carbocycles. The van der Waals surface area contributed by atoms with Crippen LogP contribution in [0.2, 0.25) is 10.0 Å². The maximum Gasteiger partial charge on any atom is 0.340 e. The molecule has 104 valence electrons. The SMILES string of the molecule is CC(C)(C)NC(=O)COC(=O)c1ccc(Cl)cc1Cl. The number of ether oxygens (including phenoxy) is 1. The van der Waals surface area contributed by atoms with Crippen LogP contribution in [0.1, 0.15) is 31.1 Å². The zero-order valence-corrected chi connectivity index (χ0v) is 12.4. The molecular formula is C13H15Cl2NO3. The molecule has 1 amide bonds. The van der Waals surface area contributed by atoms with E-state index in [0.717, 1.165) is 0 Å². The number of carbonyl (C=O) groups excluding carboxylic acids is 2. The molecule has 1 aromatic rings. The topological polar surface area (TPSA) is 55.4 Å². The predicted molar refractivity (Wildman–Crippen MR) is 74.6 cm³/mol. The summed E-state index contributed by atoms with van der Waals surface area (Å²) < 4.78 is 4.88. The van der Waals surface area contributed by atoms with E-state index >= 15 is 0 Å². The molecule has 0 aliphatic heterocycles. The molecule has 1 N–H and O–H groups in total. The lowest BCUT2D eigenvalue weighted by Crippen LogP contribution is -2.42. The standard InChI is InChI=1S/C13H15Cl2NO3/c1-13(2,3)16-11(17)7-19-12(18)9-5-4-8(14)6-10(9)15/h4-6H,7H2,1-3H3,(H,16,17). The van der Waals surface area contributed by atoms with E-state index in [9.17, 15) is 9.59 Å². The minimum absolute atomic E-state index is 0.176. The van der Waals surface area contributed by atoms with Crippen molar-refractivity contribution in [1.29, 1.82) is 0 Å². The highest BCUT2D eigenvalue weighted by atomic mass is 35.5.